The van der Waals surface area contributed by atoms with E-state index in [-0.39, 0.29) is 17.9 Å². The first kappa shape index (κ1) is 16.3. The van der Waals surface area contributed by atoms with Crippen LogP contribution < -0.4 is 5.32 Å². The lowest BCUT2D eigenvalue weighted by Crippen LogP contribution is -2.37. The van der Waals surface area contributed by atoms with Crippen LogP contribution >= 0.6 is 11.3 Å². The van der Waals surface area contributed by atoms with E-state index in [0.29, 0.717) is 5.92 Å². The fourth-order valence-electron chi connectivity index (χ4n) is 3.02. The van der Waals surface area contributed by atoms with Crippen LogP contribution in [0.3, 0.4) is 0 Å². The van der Waals surface area contributed by atoms with Gasteiger partial charge in [-0.3, -0.25) is 4.79 Å². The lowest BCUT2D eigenvalue weighted by atomic mass is 9.84. The summed E-state index contributed by atoms with van der Waals surface area (Å²) < 4.78 is 0. The van der Waals surface area contributed by atoms with Crippen LogP contribution in [0, 0.1) is 11.8 Å². The molecule has 122 valence electrons. The van der Waals surface area contributed by atoms with E-state index in [4.69, 9.17) is 0 Å². The molecule has 2 nitrogen and oxygen atoms in total. The van der Waals surface area contributed by atoms with E-state index in [9.17, 15) is 4.79 Å². The molecule has 1 fully saturated rings. The third kappa shape index (κ3) is 4.03. The summed E-state index contributed by atoms with van der Waals surface area (Å²) in [6.07, 6.45) is 4.36. The molecule has 1 heterocycles. The van der Waals surface area contributed by atoms with Gasteiger partial charge < -0.3 is 5.32 Å². The van der Waals surface area contributed by atoms with E-state index in [2.05, 4.69) is 60.9 Å². The third-order valence-corrected chi connectivity index (χ3v) is 5.48. The number of rotatable bonds is 6. The van der Waals surface area contributed by atoms with E-state index in [1.54, 1.807) is 11.3 Å². The number of carbonyl (C=O) groups excluding carboxylic acids is 1. The Balaban J connectivity index is 1.78. The molecular weight excluding hydrogens is 302 g/mol. The molecule has 0 bridgehead atoms. The smallest absolute Gasteiger partial charge is 0.223 e. The molecular formula is C20H25NOS. The zero-order valence-electron chi connectivity index (χ0n) is 13.9. The molecule has 0 radical (unpaired) electrons. The highest BCUT2D eigenvalue weighted by molar-refractivity contribution is 7.10. The van der Waals surface area contributed by atoms with E-state index in [0.717, 1.165) is 19.3 Å². The van der Waals surface area contributed by atoms with Crippen LogP contribution in [-0.2, 0) is 11.2 Å². The standard InChI is InChI=1S/C20H25NOS/c1-14(2)13-15-8-10-16(11-9-15)19(18-7-4-12-23-18)21-20(22)17-5-3-6-17/h4,7-12,14,17,19H,3,5-6,13H2,1-2H3,(H,21,22). The Kier molecular flexibility index (Phi) is 5.16. The van der Waals surface area contributed by atoms with Crippen LogP contribution in [0.25, 0.3) is 0 Å². The van der Waals surface area contributed by atoms with Crippen LogP contribution in [0.15, 0.2) is 41.8 Å². The Labute approximate surface area is 142 Å². The van der Waals surface area contributed by atoms with E-state index >= 15 is 0 Å². The van der Waals surface area contributed by atoms with Crippen molar-refractivity contribution in [2.24, 2.45) is 11.8 Å². The Bertz CT molecular complexity index is 626. The number of benzene rings is 1. The van der Waals surface area contributed by atoms with Crippen LogP contribution in [0.5, 0.6) is 0 Å². The zero-order chi connectivity index (χ0) is 16.2. The molecule has 1 amide bonds. The van der Waals surface area contributed by atoms with Gasteiger partial charge in [0, 0.05) is 10.8 Å². The molecule has 1 aliphatic carbocycles. The summed E-state index contributed by atoms with van der Waals surface area (Å²) >= 11 is 1.71. The summed E-state index contributed by atoms with van der Waals surface area (Å²) in [4.78, 5) is 13.6. The van der Waals surface area contributed by atoms with Crippen LogP contribution in [-0.4, -0.2) is 5.91 Å². The third-order valence-electron chi connectivity index (χ3n) is 4.55. The summed E-state index contributed by atoms with van der Waals surface area (Å²) in [6.45, 7) is 4.47. The van der Waals surface area contributed by atoms with Gasteiger partial charge in [0.25, 0.3) is 0 Å². The van der Waals surface area contributed by atoms with Crippen molar-refractivity contribution < 1.29 is 4.79 Å². The van der Waals surface area contributed by atoms with Crippen molar-refractivity contribution in [3.63, 3.8) is 0 Å². The summed E-state index contributed by atoms with van der Waals surface area (Å²) in [5, 5.41) is 5.34. The molecule has 0 aliphatic heterocycles. The van der Waals surface area contributed by atoms with Gasteiger partial charge in [-0.15, -0.1) is 11.3 Å². The van der Waals surface area contributed by atoms with Crippen molar-refractivity contribution in [2.75, 3.05) is 0 Å². The van der Waals surface area contributed by atoms with Crippen molar-refractivity contribution in [1.29, 1.82) is 0 Å². The predicted octanol–water partition coefficient (Wildman–Crippen LogP) is 4.95. The number of thiophene rings is 1. The molecule has 1 unspecified atom stereocenters. The minimum Gasteiger partial charge on any atom is -0.344 e. The van der Waals surface area contributed by atoms with E-state index in [1.165, 1.54) is 22.4 Å². The lowest BCUT2D eigenvalue weighted by Gasteiger charge is -2.27. The summed E-state index contributed by atoms with van der Waals surface area (Å²) in [5.74, 6) is 1.09. The van der Waals surface area contributed by atoms with Gasteiger partial charge in [0.1, 0.15) is 0 Å². The largest absolute Gasteiger partial charge is 0.344 e. The molecule has 1 atom stereocenters. The molecule has 1 N–H and O–H groups in total. The highest BCUT2D eigenvalue weighted by Gasteiger charge is 2.28. The monoisotopic (exact) mass is 327 g/mol. The average molecular weight is 327 g/mol. The minimum atomic E-state index is -0.0174. The van der Waals surface area contributed by atoms with Crippen LogP contribution in [0.4, 0.5) is 0 Å². The SMILES string of the molecule is CC(C)Cc1ccc(C(NC(=O)C2CCC2)c2cccs2)cc1. The number of hydrogen-bond acceptors (Lipinski definition) is 2. The Hall–Kier alpha value is -1.61. The number of amides is 1. The highest BCUT2D eigenvalue weighted by Crippen LogP contribution is 2.30. The van der Waals surface area contributed by atoms with Gasteiger partial charge in [-0.2, -0.15) is 0 Å². The van der Waals surface area contributed by atoms with Crippen molar-refractivity contribution in [3.05, 3.63) is 57.8 Å². The molecule has 0 spiro atoms. The number of hydrogen-bond donors (Lipinski definition) is 1. The topological polar surface area (TPSA) is 29.1 Å². The first-order valence-electron chi connectivity index (χ1n) is 8.56. The molecule has 23 heavy (non-hydrogen) atoms. The fourth-order valence-corrected chi connectivity index (χ4v) is 3.82. The fraction of sp³-hybridized carbons (Fsp3) is 0.450. The number of nitrogens with one attached hydrogen (secondary N) is 1. The van der Waals surface area contributed by atoms with Gasteiger partial charge in [-0.05, 0) is 47.8 Å². The molecule has 1 aromatic carbocycles. The summed E-state index contributed by atoms with van der Waals surface area (Å²) in [5.41, 5.74) is 2.53. The van der Waals surface area contributed by atoms with Gasteiger partial charge in [0.2, 0.25) is 5.91 Å². The van der Waals surface area contributed by atoms with E-state index in [1.807, 2.05) is 0 Å². The minimum absolute atomic E-state index is 0.0174. The maximum absolute atomic E-state index is 12.4. The Morgan fingerprint density at radius 2 is 1.96 bits per heavy atom. The lowest BCUT2D eigenvalue weighted by molar-refractivity contribution is -0.127. The van der Waals surface area contributed by atoms with Gasteiger partial charge in [-0.25, -0.2) is 0 Å². The highest BCUT2D eigenvalue weighted by atomic mass is 32.1. The second-order valence-corrected chi connectivity index (χ2v) is 7.90. The van der Waals surface area contributed by atoms with Crippen molar-refractivity contribution >= 4 is 17.2 Å². The quantitative estimate of drug-likeness (QED) is 0.799. The second kappa shape index (κ2) is 7.31. The molecule has 1 aromatic heterocycles. The zero-order valence-corrected chi connectivity index (χ0v) is 14.7. The first-order valence-corrected chi connectivity index (χ1v) is 9.44. The summed E-state index contributed by atoms with van der Waals surface area (Å²) in [6, 6.07) is 12.9. The summed E-state index contributed by atoms with van der Waals surface area (Å²) in [7, 11) is 0. The van der Waals surface area contributed by atoms with Gasteiger partial charge in [0.05, 0.1) is 6.04 Å². The first-order chi connectivity index (χ1) is 11.1. The molecule has 0 saturated heterocycles. The van der Waals surface area contributed by atoms with E-state index < -0.39 is 0 Å². The maximum atomic E-state index is 12.4. The van der Waals surface area contributed by atoms with Crippen LogP contribution in [0.1, 0.15) is 55.2 Å². The Morgan fingerprint density at radius 3 is 2.48 bits per heavy atom. The molecule has 1 aliphatic rings. The van der Waals surface area contributed by atoms with Gasteiger partial charge in [0.15, 0.2) is 0 Å². The normalized spacial score (nSPS) is 16.1. The van der Waals surface area contributed by atoms with Crippen molar-refractivity contribution in [3.8, 4) is 0 Å². The van der Waals surface area contributed by atoms with Gasteiger partial charge >= 0.3 is 0 Å². The molecule has 1 saturated carbocycles. The van der Waals surface area contributed by atoms with Gasteiger partial charge in [-0.1, -0.05) is 50.6 Å². The van der Waals surface area contributed by atoms with Crippen molar-refractivity contribution in [2.45, 2.75) is 45.6 Å². The molecule has 2 aromatic rings. The molecule has 3 heteroatoms. The average Bonchev–Trinajstić information content (AvgIpc) is 2.97. The van der Waals surface area contributed by atoms with Crippen LogP contribution in [0.2, 0.25) is 0 Å². The second-order valence-electron chi connectivity index (χ2n) is 6.92. The molecule has 3 rings (SSSR count). The Morgan fingerprint density at radius 1 is 1.22 bits per heavy atom. The predicted molar refractivity (Wildman–Crippen MR) is 96.6 cm³/mol. The maximum Gasteiger partial charge on any atom is 0.223 e. The van der Waals surface area contributed by atoms with Crippen molar-refractivity contribution in [1.82, 2.24) is 5.32 Å². The number of carbonyl (C=O) groups is 1.